The van der Waals surface area contributed by atoms with Gasteiger partial charge in [0.05, 0.1) is 6.10 Å². The average Bonchev–Trinajstić information content (AvgIpc) is 2.70. The number of nitrogens with zero attached hydrogens (tertiary/aromatic N) is 1. The minimum absolute atomic E-state index is 0.247. The molecule has 112 valence electrons. The Bertz CT molecular complexity index is 399. The lowest BCUT2D eigenvalue weighted by atomic mass is 9.90. The zero-order valence-electron chi connectivity index (χ0n) is 12.3. The second-order valence-corrected chi connectivity index (χ2v) is 5.69. The molecule has 1 heterocycles. The summed E-state index contributed by atoms with van der Waals surface area (Å²) in [5, 5.41) is 10.8. The first-order valence-electron chi connectivity index (χ1n) is 7.46. The van der Waals surface area contributed by atoms with Crippen molar-refractivity contribution in [2.75, 3.05) is 32.8 Å². The molecule has 20 heavy (non-hydrogen) atoms. The van der Waals surface area contributed by atoms with Crippen LogP contribution in [0, 0.1) is 0 Å². The summed E-state index contributed by atoms with van der Waals surface area (Å²) in [6, 6.07) is 9.73. The van der Waals surface area contributed by atoms with Crippen LogP contribution in [0.1, 0.15) is 25.3 Å². The molecule has 1 saturated heterocycles. The van der Waals surface area contributed by atoms with Crippen LogP contribution in [-0.2, 0) is 10.3 Å². The molecule has 0 radical (unpaired) electrons. The number of ether oxygens (including phenoxy) is 1. The summed E-state index contributed by atoms with van der Waals surface area (Å²) in [7, 11) is 0. The highest BCUT2D eigenvalue weighted by Crippen LogP contribution is 2.24. The molecule has 0 saturated carbocycles. The Kier molecular flexibility index (Phi) is 5.54. The van der Waals surface area contributed by atoms with Crippen LogP contribution in [0.5, 0.6) is 0 Å². The van der Waals surface area contributed by atoms with Gasteiger partial charge in [-0.05, 0) is 25.3 Å². The largest absolute Gasteiger partial charge is 0.384 e. The quantitative estimate of drug-likeness (QED) is 0.853. The molecule has 1 fully saturated rings. The third kappa shape index (κ3) is 4.03. The van der Waals surface area contributed by atoms with Crippen LogP contribution in [0.3, 0.4) is 0 Å². The second kappa shape index (κ2) is 7.18. The van der Waals surface area contributed by atoms with Crippen molar-refractivity contribution in [1.29, 1.82) is 0 Å². The molecular formula is C16H26N2O2. The summed E-state index contributed by atoms with van der Waals surface area (Å²) in [6.45, 7) is 5.98. The van der Waals surface area contributed by atoms with Crippen molar-refractivity contribution in [2.24, 2.45) is 5.73 Å². The van der Waals surface area contributed by atoms with Gasteiger partial charge < -0.3 is 20.5 Å². The highest BCUT2D eigenvalue weighted by Gasteiger charge is 2.28. The first kappa shape index (κ1) is 15.4. The van der Waals surface area contributed by atoms with E-state index in [0.717, 1.165) is 38.2 Å². The molecule has 2 atom stereocenters. The normalized spacial score (nSPS) is 24.1. The van der Waals surface area contributed by atoms with Gasteiger partial charge >= 0.3 is 0 Å². The third-order valence-corrected chi connectivity index (χ3v) is 4.03. The van der Waals surface area contributed by atoms with Gasteiger partial charge in [0.25, 0.3) is 0 Å². The Balaban J connectivity index is 1.96. The van der Waals surface area contributed by atoms with E-state index in [9.17, 15) is 5.11 Å². The van der Waals surface area contributed by atoms with E-state index >= 15 is 0 Å². The van der Waals surface area contributed by atoms with Gasteiger partial charge in [-0.25, -0.2) is 0 Å². The molecule has 1 aromatic carbocycles. The molecule has 3 N–H and O–H groups in total. The second-order valence-electron chi connectivity index (χ2n) is 5.69. The van der Waals surface area contributed by atoms with Gasteiger partial charge in [-0.1, -0.05) is 30.3 Å². The smallest absolute Gasteiger partial charge is 0.103 e. The molecule has 2 unspecified atom stereocenters. The van der Waals surface area contributed by atoms with Crippen molar-refractivity contribution in [2.45, 2.75) is 31.5 Å². The van der Waals surface area contributed by atoms with E-state index < -0.39 is 5.60 Å². The maximum atomic E-state index is 10.8. The lowest BCUT2D eigenvalue weighted by Crippen LogP contribution is -2.40. The van der Waals surface area contributed by atoms with Crippen LogP contribution in [-0.4, -0.2) is 48.9 Å². The van der Waals surface area contributed by atoms with E-state index in [1.165, 1.54) is 0 Å². The SMILES string of the molecule is CC1CN(CCC(O)(CN)c2ccccc2)CCCO1. The van der Waals surface area contributed by atoms with Gasteiger partial charge in [-0.2, -0.15) is 0 Å². The van der Waals surface area contributed by atoms with E-state index in [1.807, 2.05) is 30.3 Å². The van der Waals surface area contributed by atoms with Crippen molar-refractivity contribution < 1.29 is 9.84 Å². The lowest BCUT2D eigenvalue weighted by molar-refractivity contribution is 0.0210. The van der Waals surface area contributed by atoms with Crippen LogP contribution in [0.15, 0.2) is 30.3 Å². The summed E-state index contributed by atoms with van der Waals surface area (Å²) in [4.78, 5) is 2.36. The fourth-order valence-electron chi connectivity index (χ4n) is 2.74. The van der Waals surface area contributed by atoms with Crippen molar-refractivity contribution >= 4 is 0 Å². The van der Waals surface area contributed by atoms with Gasteiger partial charge in [0, 0.05) is 32.8 Å². The molecule has 0 aliphatic carbocycles. The standard InChI is InChI=1S/C16H26N2O2/c1-14-12-18(9-5-11-20-14)10-8-16(19,13-17)15-6-3-2-4-7-15/h2-4,6-7,14,19H,5,8-13,17H2,1H3. The third-order valence-electron chi connectivity index (χ3n) is 4.03. The molecule has 1 aromatic rings. The number of benzene rings is 1. The molecular weight excluding hydrogens is 252 g/mol. The zero-order chi connectivity index (χ0) is 14.4. The van der Waals surface area contributed by atoms with Crippen LogP contribution >= 0.6 is 0 Å². The summed E-state index contributed by atoms with van der Waals surface area (Å²) in [5.41, 5.74) is 5.79. The first-order valence-corrected chi connectivity index (χ1v) is 7.46. The van der Waals surface area contributed by atoms with Crippen molar-refractivity contribution in [1.82, 2.24) is 4.90 Å². The highest BCUT2D eigenvalue weighted by molar-refractivity contribution is 5.22. The van der Waals surface area contributed by atoms with Crippen molar-refractivity contribution in [3.05, 3.63) is 35.9 Å². The molecule has 4 heteroatoms. The van der Waals surface area contributed by atoms with Gasteiger partial charge in [0.1, 0.15) is 5.60 Å². The minimum Gasteiger partial charge on any atom is -0.384 e. The molecule has 0 amide bonds. The van der Waals surface area contributed by atoms with E-state index in [2.05, 4.69) is 11.8 Å². The Morgan fingerprint density at radius 3 is 2.85 bits per heavy atom. The average molecular weight is 278 g/mol. The predicted octanol–water partition coefficient (Wildman–Crippen LogP) is 1.33. The van der Waals surface area contributed by atoms with E-state index in [1.54, 1.807) is 0 Å². The highest BCUT2D eigenvalue weighted by atomic mass is 16.5. The van der Waals surface area contributed by atoms with E-state index in [-0.39, 0.29) is 12.6 Å². The first-order chi connectivity index (χ1) is 9.64. The van der Waals surface area contributed by atoms with Crippen LogP contribution < -0.4 is 5.73 Å². The summed E-state index contributed by atoms with van der Waals surface area (Å²) < 4.78 is 5.65. The van der Waals surface area contributed by atoms with Crippen LogP contribution in [0.25, 0.3) is 0 Å². The van der Waals surface area contributed by atoms with Gasteiger partial charge in [-0.3, -0.25) is 0 Å². The number of rotatable bonds is 5. The van der Waals surface area contributed by atoms with Crippen molar-refractivity contribution in [3.63, 3.8) is 0 Å². The van der Waals surface area contributed by atoms with Crippen LogP contribution in [0.4, 0.5) is 0 Å². The molecule has 0 aromatic heterocycles. The number of nitrogens with two attached hydrogens (primary N) is 1. The van der Waals surface area contributed by atoms with E-state index in [0.29, 0.717) is 6.42 Å². The molecule has 2 rings (SSSR count). The number of aliphatic hydroxyl groups is 1. The summed E-state index contributed by atoms with van der Waals surface area (Å²) >= 11 is 0. The summed E-state index contributed by atoms with van der Waals surface area (Å²) in [6.07, 6.45) is 1.97. The Hall–Kier alpha value is -0.940. The molecule has 1 aliphatic heterocycles. The summed E-state index contributed by atoms with van der Waals surface area (Å²) in [5.74, 6) is 0. The fourth-order valence-corrected chi connectivity index (χ4v) is 2.74. The maximum absolute atomic E-state index is 10.8. The molecule has 4 nitrogen and oxygen atoms in total. The number of hydrogen-bond donors (Lipinski definition) is 2. The molecule has 1 aliphatic rings. The molecule has 0 bridgehead atoms. The van der Waals surface area contributed by atoms with Gasteiger partial charge in [-0.15, -0.1) is 0 Å². The van der Waals surface area contributed by atoms with E-state index in [4.69, 9.17) is 10.5 Å². The minimum atomic E-state index is -0.933. The Labute approximate surface area is 121 Å². The van der Waals surface area contributed by atoms with Crippen molar-refractivity contribution in [3.8, 4) is 0 Å². The number of hydrogen-bond acceptors (Lipinski definition) is 4. The maximum Gasteiger partial charge on any atom is 0.103 e. The Morgan fingerprint density at radius 2 is 2.15 bits per heavy atom. The lowest BCUT2D eigenvalue weighted by Gasteiger charge is -2.30. The molecule has 0 spiro atoms. The van der Waals surface area contributed by atoms with Crippen LogP contribution in [0.2, 0.25) is 0 Å². The fraction of sp³-hybridized carbons (Fsp3) is 0.625. The van der Waals surface area contributed by atoms with Gasteiger partial charge in [0.2, 0.25) is 0 Å². The predicted molar refractivity (Wildman–Crippen MR) is 80.5 cm³/mol. The monoisotopic (exact) mass is 278 g/mol. The Morgan fingerprint density at radius 1 is 1.40 bits per heavy atom. The topological polar surface area (TPSA) is 58.7 Å². The zero-order valence-corrected chi connectivity index (χ0v) is 12.3. The van der Waals surface area contributed by atoms with Gasteiger partial charge in [0.15, 0.2) is 0 Å².